The highest BCUT2D eigenvalue weighted by Crippen LogP contribution is 2.51. The summed E-state index contributed by atoms with van der Waals surface area (Å²) >= 11 is 1.43. The molecule has 120 valence electrons. The zero-order chi connectivity index (χ0) is 16.1. The molecule has 1 amide bonds. The summed E-state index contributed by atoms with van der Waals surface area (Å²) in [5, 5.41) is 35.6. The van der Waals surface area contributed by atoms with Crippen molar-refractivity contribution in [2.24, 2.45) is 0 Å². The van der Waals surface area contributed by atoms with Crippen LogP contribution >= 0.6 is 11.8 Å². The predicted molar refractivity (Wildman–Crippen MR) is 74.5 cm³/mol. The molecule has 3 heterocycles. The van der Waals surface area contributed by atoms with E-state index in [1.165, 1.54) is 21.3 Å². The third-order valence-corrected chi connectivity index (χ3v) is 5.68. The molecule has 0 saturated carbocycles. The number of fused-ring (bicyclic) bond motifs is 1. The summed E-state index contributed by atoms with van der Waals surface area (Å²) in [6, 6.07) is -0.947. The first-order valence-electron chi connectivity index (χ1n) is 6.76. The van der Waals surface area contributed by atoms with Gasteiger partial charge in [-0.15, -0.1) is 16.9 Å². The molecule has 3 atom stereocenters. The van der Waals surface area contributed by atoms with E-state index in [9.17, 15) is 24.9 Å². The van der Waals surface area contributed by atoms with E-state index in [1.807, 2.05) is 0 Å². The molecular formula is C12H16N4O5S. The molecule has 1 aromatic rings. The number of carbonyl (C=O) groups excluding carboxylic acids is 1. The van der Waals surface area contributed by atoms with Gasteiger partial charge in [-0.05, 0) is 6.92 Å². The fraction of sp³-hybridized carbons (Fsp3) is 0.667. The number of thioether (sulfide) groups is 1. The number of aliphatic hydroxyl groups is 2. The van der Waals surface area contributed by atoms with Crippen molar-refractivity contribution in [1.29, 1.82) is 0 Å². The topological polar surface area (TPSA) is 129 Å². The van der Waals surface area contributed by atoms with Gasteiger partial charge < -0.3 is 20.2 Å². The molecule has 0 aliphatic carbocycles. The Morgan fingerprint density at radius 1 is 1.45 bits per heavy atom. The molecule has 0 bridgehead atoms. The number of rotatable bonds is 5. The van der Waals surface area contributed by atoms with Crippen LogP contribution in [0.25, 0.3) is 0 Å². The van der Waals surface area contributed by atoms with Crippen LogP contribution in [0.5, 0.6) is 0 Å². The van der Waals surface area contributed by atoms with Gasteiger partial charge in [-0.25, -0.2) is 9.48 Å². The standard InChI is InChI=1S/C12H16N4O5S/c1-12(5-15-7(4-18)6(3-17)13-14-15)10(11(20)21)16-8(19)2-9(16)22-12/h9-10,17-18H,2-5H2,1H3,(H,20,21). The third-order valence-electron chi connectivity index (χ3n) is 4.12. The number of amides is 1. The van der Waals surface area contributed by atoms with Crippen molar-refractivity contribution in [2.45, 2.75) is 49.3 Å². The first-order valence-corrected chi connectivity index (χ1v) is 7.64. The highest BCUT2D eigenvalue weighted by molar-refractivity contribution is 8.01. The molecule has 2 fully saturated rings. The highest BCUT2D eigenvalue weighted by Gasteiger charge is 2.60. The molecule has 1 aromatic heterocycles. The van der Waals surface area contributed by atoms with Gasteiger partial charge in [0.05, 0.1) is 42.0 Å². The number of carboxylic acids is 1. The lowest BCUT2D eigenvalue weighted by atomic mass is 9.96. The second-order valence-electron chi connectivity index (χ2n) is 5.59. The predicted octanol–water partition coefficient (Wildman–Crippen LogP) is -1.22. The number of carbonyl (C=O) groups is 2. The smallest absolute Gasteiger partial charge is 0.327 e. The number of aromatic nitrogens is 3. The van der Waals surface area contributed by atoms with Crippen LogP contribution in [0.4, 0.5) is 0 Å². The van der Waals surface area contributed by atoms with Crippen LogP contribution in [0.15, 0.2) is 0 Å². The van der Waals surface area contributed by atoms with Crippen LogP contribution in [-0.4, -0.2) is 63.3 Å². The summed E-state index contributed by atoms with van der Waals surface area (Å²) in [7, 11) is 0. The minimum atomic E-state index is -1.06. The molecular weight excluding hydrogens is 312 g/mol. The molecule has 0 radical (unpaired) electrons. The molecule has 0 spiro atoms. The van der Waals surface area contributed by atoms with Crippen LogP contribution in [0, 0.1) is 0 Å². The number of hydrogen-bond acceptors (Lipinski definition) is 7. The Morgan fingerprint density at radius 2 is 2.18 bits per heavy atom. The van der Waals surface area contributed by atoms with Crippen molar-refractivity contribution < 1.29 is 24.9 Å². The summed E-state index contributed by atoms with van der Waals surface area (Å²) in [6.07, 6.45) is 0.343. The number of aliphatic hydroxyl groups excluding tert-OH is 2. The minimum Gasteiger partial charge on any atom is -0.480 e. The van der Waals surface area contributed by atoms with E-state index in [2.05, 4.69) is 10.3 Å². The Balaban J connectivity index is 1.91. The Labute approximate surface area is 129 Å². The van der Waals surface area contributed by atoms with E-state index < -0.39 is 16.8 Å². The summed E-state index contributed by atoms with van der Waals surface area (Å²) in [4.78, 5) is 24.7. The number of β-lactam (4-membered cyclic amide) rings is 1. The third kappa shape index (κ3) is 2.09. The maximum absolute atomic E-state index is 11.7. The molecule has 3 rings (SSSR count). The summed E-state index contributed by atoms with van der Waals surface area (Å²) < 4.78 is 0.623. The van der Waals surface area contributed by atoms with E-state index in [0.717, 1.165) is 0 Å². The number of aliphatic carboxylic acids is 1. The van der Waals surface area contributed by atoms with Gasteiger partial charge >= 0.3 is 5.97 Å². The van der Waals surface area contributed by atoms with Gasteiger partial charge in [0.1, 0.15) is 11.7 Å². The second-order valence-corrected chi connectivity index (χ2v) is 7.30. The van der Waals surface area contributed by atoms with Crippen molar-refractivity contribution in [1.82, 2.24) is 19.9 Å². The van der Waals surface area contributed by atoms with Gasteiger partial charge in [0, 0.05) is 0 Å². The average molecular weight is 328 g/mol. The monoisotopic (exact) mass is 328 g/mol. The molecule has 22 heavy (non-hydrogen) atoms. The Hall–Kier alpha value is -1.65. The summed E-state index contributed by atoms with van der Waals surface area (Å²) in [5.41, 5.74) is 0.620. The maximum Gasteiger partial charge on any atom is 0.327 e. The van der Waals surface area contributed by atoms with E-state index in [1.54, 1.807) is 6.92 Å². The molecule has 2 saturated heterocycles. The molecule has 2 aliphatic rings. The molecule has 9 nitrogen and oxygen atoms in total. The van der Waals surface area contributed by atoms with Crippen molar-refractivity contribution in [3.63, 3.8) is 0 Å². The quantitative estimate of drug-likeness (QED) is 0.574. The van der Waals surface area contributed by atoms with Gasteiger partial charge in [-0.3, -0.25) is 4.79 Å². The largest absolute Gasteiger partial charge is 0.480 e. The lowest BCUT2D eigenvalue weighted by Gasteiger charge is -2.37. The molecule has 3 unspecified atom stereocenters. The van der Waals surface area contributed by atoms with Gasteiger partial charge in [0.2, 0.25) is 5.91 Å². The average Bonchev–Trinajstić information content (AvgIpc) is 2.94. The Morgan fingerprint density at radius 3 is 2.73 bits per heavy atom. The Bertz CT molecular complexity index is 635. The lowest BCUT2D eigenvalue weighted by Crippen LogP contribution is -2.58. The second kappa shape index (κ2) is 5.21. The first kappa shape index (κ1) is 15.3. The van der Waals surface area contributed by atoms with E-state index in [-0.39, 0.29) is 36.7 Å². The van der Waals surface area contributed by atoms with Crippen LogP contribution in [-0.2, 0) is 29.3 Å². The Kier molecular flexibility index (Phi) is 3.62. The zero-order valence-corrected chi connectivity index (χ0v) is 12.7. The van der Waals surface area contributed by atoms with Crippen molar-refractivity contribution in [3.05, 3.63) is 11.4 Å². The zero-order valence-electron chi connectivity index (χ0n) is 11.8. The SMILES string of the molecule is CC1(Cn2nnc(CO)c2CO)SC2CC(=O)N2C1C(=O)O. The van der Waals surface area contributed by atoms with Crippen molar-refractivity contribution in [3.8, 4) is 0 Å². The number of hydrogen-bond donors (Lipinski definition) is 3. The first-order chi connectivity index (χ1) is 10.4. The van der Waals surface area contributed by atoms with E-state index in [4.69, 9.17) is 0 Å². The van der Waals surface area contributed by atoms with Crippen LogP contribution in [0.1, 0.15) is 24.7 Å². The fourth-order valence-corrected chi connectivity index (χ4v) is 4.81. The molecule has 0 aromatic carbocycles. The fourth-order valence-electron chi connectivity index (χ4n) is 3.07. The number of carboxylic acid groups (broad SMARTS) is 1. The molecule has 2 aliphatic heterocycles. The highest BCUT2D eigenvalue weighted by atomic mass is 32.2. The van der Waals surface area contributed by atoms with E-state index in [0.29, 0.717) is 12.1 Å². The number of nitrogens with zero attached hydrogens (tertiary/aromatic N) is 4. The molecule has 3 N–H and O–H groups in total. The lowest BCUT2D eigenvalue weighted by molar-refractivity contribution is -0.157. The normalized spacial score (nSPS) is 30.3. The van der Waals surface area contributed by atoms with Crippen molar-refractivity contribution in [2.75, 3.05) is 0 Å². The molecule has 10 heteroatoms. The summed E-state index contributed by atoms with van der Waals surface area (Å²) in [5.74, 6) is -1.22. The van der Waals surface area contributed by atoms with Crippen molar-refractivity contribution >= 4 is 23.6 Å². The van der Waals surface area contributed by atoms with E-state index >= 15 is 0 Å². The summed E-state index contributed by atoms with van der Waals surface area (Å²) in [6.45, 7) is 1.24. The van der Waals surface area contributed by atoms with Gasteiger partial charge in [-0.1, -0.05) is 5.21 Å². The van der Waals surface area contributed by atoms with Gasteiger partial charge in [0.15, 0.2) is 0 Å². The van der Waals surface area contributed by atoms with Crippen LogP contribution in [0.3, 0.4) is 0 Å². The van der Waals surface area contributed by atoms with Crippen LogP contribution < -0.4 is 0 Å². The minimum absolute atomic E-state index is 0.128. The van der Waals surface area contributed by atoms with Gasteiger partial charge in [-0.2, -0.15) is 0 Å². The van der Waals surface area contributed by atoms with Gasteiger partial charge in [0.25, 0.3) is 0 Å². The van der Waals surface area contributed by atoms with Crippen LogP contribution in [0.2, 0.25) is 0 Å². The maximum atomic E-state index is 11.7.